The minimum Gasteiger partial charge on any atom is -0.481 e. The summed E-state index contributed by atoms with van der Waals surface area (Å²) in [7, 11) is 1.54. The number of rotatable bonds is 4. The van der Waals surface area contributed by atoms with E-state index in [1.54, 1.807) is 6.07 Å². The van der Waals surface area contributed by atoms with E-state index in [4.69, 9.17) is 9.26 Å². The van der Waals surface area contributed by atoms with Gasteiger partial charge in [-0.05, 0) is 13.8 Å². The zero-order chi connectivity index (χ0) is 12.3. The van der Waals surface area contributed by atoms with Crippen LogP contribution >= 0.6 is 0 Å². The molecule has 7 nitrogen and oxygen atoms in total. The minimum atomic E-state index is 0.225. The van der Waals surface area contributed by atoms with Crippen molar-refractivity contribution in [2.24, 2.45) is 0 Å². The number of anilines is 1. The first-order valence-electron chi connectivity index (χ1n) is 5.15. The summed E-state index contributed by atoms with van der Waals surface area (Å²) in [5.41, 5.74) is 0.553. The Morgan fingerprint density at radius 3 is 2.88 bits per heavy atom. The van der Waals surface area contributed by atoms with Crippen molar-refractivity contribution in [3.63, 3.8) is 0 Å². The van der Waals surface area contributed by atoms with Crippen molar-refractivity contribution in [1.82, 2.24) is 20.1 Å². The van der Waals surface area contributed by atoms with E-state index in [0.29, 0.717) is 23.4 Å². The lowest BCUT2D eigenvalue weighted by atomic mass is 10.4. The molecule has 0 radical (unpaired) electrons. The van der Waals surface area contributed by atoms with Gasteiger partial charge in [-0.1, -0.05) is 5.16 Å². The van der Waals surface area contributed by atoms with Gasteiger partial charge in [0.05, 0.1) is 7.11 Å². The first-order valence-corrected chi connectivity index (χ1v) is 5.15. The number of hydrogen-bond acceptors (Lipinski definition) is 7. The molecule has 0 aliphatic carbocycles. The van der Waals surface area contributed by atoms with Crippen LogP contribution in [0.4, 0.5) is 6.01 Å². The van der Waals surface area contributed by atoms with Crippen LogP contribution in [0.1, 0.15) is 13.8 Å². The van der Waals surface area contributed by atoms with Crippen LogP contribution in [-0.4, -0.2) is 33.3 Å². The zero-order valence-corrected chi connectivity index (χ0v) is 9.84. The Morgan fingerprint density at radius 2 is 2.18 bits per heavy atom. The Balaban J connectivity index is 2.24. The van der Waals surface area contributed by atoms with Gasteiger partial charge in [0.25, 0.3) is 0 Å². The zero-order valence-electron chi connectivity index (χ0n) is 9.84. The van der Waals surface area contributed by atoms with Gasteiger partial charge >= 0.3 is 6.01 Å². The second kappa shape index (κ2) is 4.77. The molecule has 2 aromatic rings. The minimum absolute atomic E-state index is 0.225. The van der Waals surface area contributed by atoms with Crippen molar-refractivity contribution in [1.29, 1.82) is 0 Å². The maximum Gasteiger partial charge on any atom is 0.322 e. The van der Waals surface area contributed by atoms with Crippen LogP contribution in [0.25, 0.3) is 11.5 Å². The molecule has 0 saturated carbocycles. The van der Waals surface area contributed by atoms with Crippen molar-refractivity contribution < 1.29 is 9.26 Å². The highest BCUT2D eigenvalue weighted by atomic mass is 16.5. The van der Waals surface area contributed by atoms with E-state index in [1.165, 1.54) is 13.4 Å². The van der Waals surface area contributed by atoms with Gasteiger partial charge in [-0.2, -0.15) is 4.98 Å². The molecule has 2 heterocycles. The fourth-order valence-electron chi connectivity index (χ4n) is 1.21. The Labute approximate surface area is 98.2 Å². The molecule has 0 atom stereocenters. The molecule has 0 aliphatic heterocycles. The molecule has 0 bridgehead atoms. The predicted octanol–water partition coefficient (Wildman–Crippen LogP) is 1.36. The van der Waals surface area contributed by atoms with Crippen LogP contribution in [0.2, 0.25) is 0 Å². The second-order valence-electron chi connectivity index (χ2n) is 3.67. The molecular weight excluding hydrogens is 222 g/mol. The van der Waals surface area contributed by atoms with Crippen LogP contribution in [0, 0.1) is 0 Å². The van der Waals surface area contributed by atoms with Crippen molar-refractivity contribution >= 4 is 6.01 Å². The monoisotopic (exact) mass is 235 g/mol. The van der Waals surface area contributed by atoms with Gasteiger partial charge in [-0.3, -0.25) is 0 Å². The van der Waals surface area contributed by atoms with Gasteiger partial charge in [0, 0.05) is 12.1 Å². The molecule has 0 aromatic carbocycles. The van der Waals surface area contributed by atoms with Crippen molar-refractivity contribution in [3.8, 4) is 17.4 Å². The van der Waals surface area contributed by atoms with Gasteiger partial charge in [-0.25, -0.2) is 9.97 Å². The fraction of sp³-hybridized carbons (Fsp3) is 0.400. The predicted molar refractivity (Wildman–Crippen MR) is 60.6 cm³/mol. The largest absolute Gasteiger partial charge is 0.481 e. The normalized spacial score (nSPS) is 10.6. The van der Waals surface area contributed by atoms with Crippen LogP contribution < -0.4 is 10.1 Å². The Morgan fingerprint density at radius 1 is 1.35 bits per heavy atom. The summed E-state index contributed by atoms with van der Waals surface area (Å²) < 4.78 is 10.0. The quantitative estimate of drug-likeness (QED) is 0.855. The van der Waals surface area contributed by atoms with E-state index in [2.05, 4.69) is 25.4 Å². The van der Waals surface area contributed by atoms with E-state index < -0.39 is 0 Å². The summed E-state index contributed by atoms with van der Waals surface area (Å²) in [5.74, 6) is 0.854. The molecule has 0 unspecified atom stereocenters. The third-order valence-corrected chi connectivity index (χ3v) is 1.92. The highest BCUT2D eigenvalue weighted by Crippen LogP contribution is 2.18. The molecule has 90 valence electrons. The van der Waals surface area contributed by atoms with Crippen LogP contribution in [0.5, 0.6) is 5.88 Å². The number of nitrogens with zero attached hydrogens (tertiary/aromatic N) is 4. The number of ether oxygens (including phenoxy) is 1. The Hall–Kier alpha value is -2.18. The van der Waals surface area contributed by atoms with E-state index in [9.17, 15) is 0 Å². The molecule has 2 aromatic heterocycles. The summed E-state index contributed by atoms with van der Waals surface area (Å²) in [5, 5.41) is 6.83. The summed E-state index contributed by atoms with van der Waals surface area (Å²) in [4.78, 5) is 12.1. The Kier molecular flexibility index (Phi) is 3.17. The standard InChI is InChI=1S/C10H13N5O2/c1-6(2)13-10-14-9(15-17-10)7-4-8(16-3)12-5-11-7/h4-6H,1-3H3,(H,13,14,15). The van der Waals surface area contributed by atoms with Crippen molar-refractivity contribution in [2.75, 3.05) is 12.4 Å². The molecule has 0 amide bonds. The number of aromatic nitrogens is 4. The summed E-state index contributed by atoms with van der Waals surface area (Å²) in [6.45, 7) is 3.97. The summed E-state index contributed by atoms with van der Waals surface area (Å²) in [6.07, 6.45) is 1.39. The van der Waals surface area contributed by atoms with E-state index in [1.807, 2.05) is 13.8 Å². The van der Waals surface area contributed by atoms with Gasteiger partial charge in [-0.15, -0.1) is 0 Å². The maximum atomic E-state index is 5.03. The van der Waals surface area contributed by atoms with Gasteiger partial charge in [0.2, 0.25) is 11.7 Å². The lowest BCUT2D eigenvalue weighted by molar-refractivity contribution is 0.397. The Bertz CT molecular complexity index is 497. The molecule has 0 saturated heterocycles. The third kappa shape index (κ3) is 2.68. The van der Waals surface area contributed by atoms with Gasteiger partial charge < -0.3 is 14.6 Å². The highest BCUT2D eigenvalue weighted by Gasteiger charge is 2.11. The molecule has 17 heavy (non-hydrogen) atoms. The van der Waals surface area contributed by atoms with Crippen molar-refractivity contribution in [2.45, 2.75) is 19.9 Å². The lowest BCUT2D eigenvalue weighted by Gasteiger charge is -2.01. The maximum absolute atomic E-state index is 5.03. The molecule has 0 fully saturated rings. The van der Waals surface area contributed by atoms with Gasteiger partial charge in [0.1, 0.15) is 12.0 Å². The average molecular weight is 235 g/mol. The lowest BCUT2D eigenvalue weighted by Crippen LogP contribution is -2.09. The second-order valence-corrected chi connectivity index (χ2v) is 3.67. The summed E-state index contributed by atoms with van der Waals surface area (Å²) in [6, 6.07) is 2.24. The topological polar surface area (TPSA) is 86.0 Å². The molecule has 2 rings (SSSR count). The first kappa shape index (κ1) is 11.3. The molecule has 0 aliphatic rings. The molecule has 7 heteroatoms. The average Bonchev–Trinajstić information content (AvgIpc) is 2.77. The molecular formula is C10H13N5O2. The number of hydrogen-bond donors (Lipinski definition) is 1. The first-order chi connectivity index (χ1) is 8.19. The number of methoxy groups -OCH3 is 1. The van der Waals surface area contributed by atoms with Gasteiger partial charge in [0.15, 0.2) is 0 Å². The highest BCUT2D eigenvalue weighted by molar-refractivity contribution is 5.50. The van der Waals surface area contributed by atoms with Crippen LogP contribution in [0.3, 0.4) is 0 Å². The third-order valence-electron chi connectivity index (χ3n) is 1.92. The van der Waals surface area contributed by atoms with E-state index in [0.717, 1.165) is 0 Å². The molecule has 1 N–H and O–H groups in total. The van der Waals surface area contributed by atoms with Crippen LogP contribution in [-0.2, 0) is 0 Å². The van der Waals surface area contributed by atoms with Crippen LogP contribution in [0.15, 0.2) is 16.9 Å². The number of nitrogens with one attached hydrogen (secondary N) is 1. The fourth-order valence-corrected chi connectivity index (χ4v) is 1.21. The summed E-state index contributed by atoms with van der Waals surface area (Å²) >= 11 is 0. The smallest absolute Gasteiger partial charge is 0.322 e. The van der Waals surface area contributed by atoms with Crippen molar-refractivity contribution in [3.05, 3.63) is 12.4 Å². The SMILES string of the molecule is COc1cc(-c2noc(NC(C)C)n2)ncn1. The van der Waals surface area contributed by atoms with E-state index in [-0.39, 0.29) is 6.04 Å². The molecule has 0 spiro atoms. The van der Waals surface area contributed by atoms with E-state index >= 15 is 0 Å².